The van der Waals surface area contributed by atoms with E-state index in [1.54, 1.807) is 37.4 Å². The molecule has 6 nitrogen and oxygen atoms in total. The maximum Gasteiger partial charge on any atom is 0.243 e. The molecule has 1 heterocycles. The number of guanidine groups is 1. The number of rotatable bonds is 8. The van der Waals surface area contributed by atoms with E-state index in [2.05, 4.69) is 53.9 Å². The molecular weight excluding hydrogens is 336 g/mol. The predicted octanol–water partition coefficient (Wildman–Crippen LogP) is 1.98. The highest BCUT2D eigenvalue weighted by molar-refractivity contribution is 7.09. The van der Waals surface area contributed by atoms with E-state index in [1.165, 1.54) is 4.88 Å². The Morgan fingerprint density at radius 3 is 2.60 bits per heavy atom. The van der Waals surface area contributed by atoms with Crippen LogP contribution in [0.15, 0.2) is 22.5 Å². The van der Waals surface area contributed by atoms with Crippen LogP contribution in [-0.4, -0.2) is 63.7 Å². The van der Waals surface area contributed by atoms with Gasteiger partial charge >= 0.3 is 0 Å². The maximum absolute atomic E-state index is 11.8. The van der Waals surface area contributed by atoms with Crippen molar-refractivity contribution in [3.05, 3.63) is 22.4 Å². The Morgan fingerprint density at radius 2 is 2.08 bits per heavy atom. The molecule has 0 aromatic carbocycles. The Hall–Kier alpha value is -1.60. The molecule has 7 heteroatoms. The van der Waals surface area contributed by atoms with Crippen LogP contribution in [0, 0.1) is 5.41 Å². The summed E-state index contributed by atoms with van der Waals surface area (Å²) in [6, 6.07) is 4.17. The first-order valence-electron chi connectivity index (χ1n) is 8.51. The van der Waals surface area contributed by atoms with Gasteiger partial charge in [0.1, 0.15) is 6.54 Å². The molecule has 0 spiro atoms. The molecule has 0 aliphatic carbocycles. The lowest BCUT2D eigenvalue weighted by Crippen LogP contribution is -2.46. The molecule has 1 amide bonds. The molecular formula is C18H32N4O2S. The van der Waals surface area contributed by atoms with Crippen LogP contribution >= 0.6 is 11.3 Å². The zero-order valence-electron chi connectivity index (χ0n) is 16.3. The summed E-state index contributed by atoms with van der Waals surface area (Å²) in [5.41, 5.74) is 0.0171. The van der Waals surface area contributed by atoms with Gasteiger partial charge in [-0.1, -0.05) is 26.8 Å². The van der Waals surface area contributed by atoms with Crippen LogP contribution in [-0.2, 0) is 16.0 Å². The summed E-state index contributed by atoms with van der Waals surface area (Å²) in [7, 11) is 5.18. The van der Waals surface area contributed by atoms with Crippen LogP contribution in [0.3, 0.4) is 0 Å². The van der Waals surface area contributed by atoms with Crippen molar-refractivity contribution in [2.24, 2.45) is 10.4 Å². The van der Waals surface area contributed by atoms with Crippen molar-refractivity contribution in [2.45, 2.75) is 33.3 Å². The van der Waals surface area contributed by atoms with Crippen LogP contribution in [0.1, 0.15) is 25.6 Å². The first kappa shape index (κ1) is 21.4. The number of nitrogens with one attached hydrogen (secondary N) is 2. The average molecular weight is 369 g/mol. The highest BCUT2D eigenvalue weighted by Crippen LogP contribution is 2.20. The largest absolute Gasteiger partial charge is 0.379 e. The topological polar surface area (TPSA) is 66.0 Å². The van der Waals surface area contributed by atoms with Crippen molar-refractivity contribution >= 4 is 23.2 Å². The monoisotopic (exact) mass is 368 g/mol. The normalized spacial score (nSPS) is 13.4. The molecule has 142 valence electrons. The number of likely N-dealkylation sites (N-methyl/N-ethyl adjacent to an activating group) is 1. The van der Waals surface area contributed by atoms with Crippen LogP contribution < -0.4 is 10.6 Å². The molecule has 0 radical (unpaired) electrons. The summed E-state index contributed by atoms with van der Waals surface area (Å²) in [5, 5.41) is 8.67. The summed E-state index contributed by atoms with van der Waals surface area (Å²) in [6.07, 6.45) is 0.966. The van der Waals surface area contributed by atoms with Crippen molar-refractivity contribution in [1.29, 1.82) is 0 Å². The Labute approximate surface area is 155 Å². The minimum Gasteiger partial charge on any atom is -0.379 e. The van der Waals surface area contributed by atoms with Crippen molar-refractivity contribution in [3.63, 3.8) is 0 Å². The second-order valence-electron chi connectivity index (χ2n) is 7.18. The van der Waals surface area contributed by atoms with E-state index in [-0.39, 0.29) is 24.0 Å². The first-order chi connectivity index (χ1) is 11.7. The number of aliphatic imine (C=N–C) groups is 1. The van der Waals surface area contributed by atoms with Crippen LogP contribution in [0.25, 0.3) is 0 Å². The van der Waals surface area contributed by atoms with Gasteiger partial charge < -0.3 is 20.3 Å². The number of amides is 1. The second kappa shape index (κ2) is 10.4. The molecule has 2 N–H and O–H groups in total. The Kier molecular flexibility index (Phi) is 8.92. The van der Waals surface area contributed by atoms with E-state index in [0.29, 0.717) is 12.5 Å². The van der Waals surface area contributed by atoms with Crippen LogP contribution in [0.2, 0.25) is 0 Å². The molecule has 0 aliphatic rings. The number of ether oxygens (including phenoxy) is 1. The molecule has 1 unspecified atom stereocenters. The van der Waals surface area contributed by atoms with E-state index >= 15 is 0 Å². The second-order valence-corrected chi connectivity index (χ2v) is 8.21. The minimum atomic E-state index is -0.0292. The smallest absolute Gasteiger partial charge is 0.243 e. The van der Waals surface area contributed by atoms with Gasteiger partial charge in [0.15, 0.2) is 5.96 Å². The Bertz CT molecular complexity index is 536. The van der Waals surface area contributed by atoms with Crippen molar-refractivity contribution < 1.29 is 9.53 Å². The fraction of sp³-hybridized carbons (Fsp3) is 0.667. The summed E-state index contributed by atoms with van der Waals surface area (Å²) >= 11 is 1.74. The van der Waals surface area contributed by atoms with Gasteiger partial charge in [-0.25, -0.2) is 4.99 Å². The van der Waals surface area contributed by atoms with E-state index in [0.717, 1.165) is 13.0 Å². The fourth-order valence-corrected chi connectivity index (χ4v) is 2.86. The first-order valence-corrected chi connectivity index (χ1v) is 9.39. The average Bonchev–Trinajstić information content (AvgIpc) is 3.03. The molecule has 25 heavy (non-hydrogen) atoms. The zero-order chi connectivity index (χ0) is 18.9. The highest BCUT2D eigenvalue weighted by Gasteiger charge is 2.24. The van der Waals surface area contributed by atoms with E-state index < -0.39 is 0 Å². The molecule has 1 aromatic heterocycles. The van der Waals surface area contributed by atoms with Crippen LogP contribution in [0.4, 0.5) is 0 Å². The lowest BCUT2D eigenvalue weighted by Gasteiger charge is -2.30. The predicted molar refractivity (Wildman–Crippen MR) is 105 cm³/mol. The molecule has 0 saturated heterocycles. The van der Waals surface area contributed by atoms with Gasteiger partial charge in [0.25, 0.3) is 0 Å². The number of hydrogen-bond acceptors (Lipinski definition) is 4. The summed E-state index contributed by atoms with van der Waals surface area (Å²) in [4.78, 5) is 19.1. The summed E-state index contributed by atoms with van der Waals surface area (Å²) in [5.74, 6) is 0.608. The summed E-state index contributed by atoms with van der Waals surface area (Å²) in [6.45, 7) is 7.92. The molecule has 1 rings (SSSR count). The molecule has 0 aliphatic heterocycles. The van der Waals surface area contributed by atoms with Crippen molar-refractivity contribution in [3.8, 4) is 0 Å². The number of nitrogens with zero attached hydrogens (tertiary/aromatic N) is 2. The molecule has 0 saturated carbocycles. The van der Waals surface area contributed by atoms with Gasteiger partial charge in [-0.15, -0.1) is 11.3 Å². The van der Waals surface area contributed by atoms with E-state index in [1.807, 2.05) is 0 Å². The number of methoxy groups -OCH3 is 1. The molecule has 0 fully saturated rings. The number of hydrogen-bond donors (Lipinski definition) is 2. The lowest BCUT2D eigenvalue weighted by molar-refractivity contribution is -0.127. The van der Waals surface area contributed by atoms with E-state index in [4.69, 9.17) is 4.74 Å². The number of thiophene rings is 1. The highest BCUT2D eigenvalue weighted by atomic mass is 32.1. The molecule has 1 atom stereocenters. The van der Waals surface area contributed by atoms with E-state index in [9.17, 15) is 4.79 Å². The van der Waals surface area contributed by atoms with Gasteiger partial charge in [-0.2, -0.15) is 0 Å². The standard InChI is InChI=1S/C18H32N4O2S/c1-18(2,3)15(24-6)12-20-17(21-13-16(23)22(4)5)19-10-9-14-8-7-11-25-14/h7-8,11,15H,9-10,12-13H2,1-6H3,(H2,19,20,21). The third-order valence-electron chi connectivity index (χ3n) is 3.82. The minimum absolute atomic E-state index is 0.0171. The molecule has 1 aromatic rings. The fourth-order valence-electron chi connectivity index (χ4n) is 2.15. The maximum atomic E-state index is 11.8. The molecule has 0 bridgehead atoms. The van der Waals surface area contributed by atoms with Gasteiger partial charge in [0.05, 0.1) is 6.10 Å². The van der Waals surface area contributed by atoms with Gasteiger partial charge in [-0.3, -0.25) is 4.79 Å². The van der Waals surface area contributed by atoms with Crippen LogP contribution in [0.5, 0.6) is 0 Å². The van der Waals surface area contributed by atoms with Crippen molar-refractivity contribution in [1.82, 2.24) is 15.5 Å². The van der Waals surface area contributed by atoms with Gasteiger partial charge in [-0.05, 0) is 23.3 Å². The SMILES string of the molecule is COC(CNC(=NCC(=O)N(C)C)NCCc1cccs1)C(C)(C)C. The number of carbonyl (C=O) groups excluding carboxylic acids is 1. The Morgan fingerprint density at radius 1 is 1.36 bits per heavy atom. The number of carbonyl (C=O) groups is 1. The van der Waals surface area contributed by atoms with Gasteiger partial charge in [0.2, 0.25) is 5.91 Å². The quantitative estimate of drug-likeness (QED) is 0.544. The third-order valence-corrected chi connectivity index (χ3v) is 4.76. The lowest BCUT2D eigenvalue weighted by atomic mass is 9.89. The zero-order valence-corrected chi connectivity index (χ0v) is 17.1. The van der Waals surface area contributed by atoms with Gasteiger partial charge in [0, 0.05) is 39.2 Å². The van der Waals surface area contributed by atoms with Crippen molar-refractivity contribution in [2.75, 3.05) is 40.8 Å². The Balaban J connectivity index is 2.62. The third kappa shape index (κ3) is 8.36. The summed E-state index contributed by atoms with van der Waals surface area (Å²) < 4.78 is 5.57.